The fourth-order valence-electron chi connectivity index (χ4n) is 7.04. The van der Waals surface area contributed by atoms with Gasteiger partial charge in [0.25, 0.3) is 0 Å². The van der Waals surface area contributed by atoms with Crippen molar-refractivity contribution in [3.05, 3.63) is 12.2 Å². The van der Waals surface area contributed by atoms with Crippen LogP contribution in [-0.4, -0.2) is 6.54 Å². The highest BCUT2D eigenvalue weighted by Crippen LogP contribution is 2.72. The molecule has 1 heteroatoms. The first-order chi connectivity index (χ1) is 10.7. The lowest BCUT2D eigenvalue weighted by atomic mass is 9.79. The van der Waals surface area contributed by atoms with Crippen LogP contribution in [0.3, 0.4) is 0 Å². The highest BCUT2D eigenvalue weighted by atomic mass is 14.8. The zero-order chi connectivity index (χ0) is 15.3. The van der Waals surface area contributed by atoms with Gasteiger partial charge >= 0.3 is 0 Å². The minimum absolute atomic E-state index is 0.538. The number of hydrogen-bond acceptors (Lipinski definition) is 1. The average Bonchev–Trinajstić information content (AvgIpc) is 2.84. The number of nitrogens with two attached hydrogens (primary N) is 1. The van der Waals surface area contributed by atoms with Gasteiger partial charge in [-0.15, -0.1) is 0 Å². The number of fused-ring (bicyclic) bond motifs is 3. The minimum atomic E-state index is 0.538. The van der Waals surface area contributed by atoms with Crippen molar-refractivity contribution in [1.29, 1.82) is 0 Å². The van der Waals surface area contributed by atoms with Crippen LogP contribution >= 0.6 is 0 Å². The predicted octanol–water partition coefficient (Wildman–Crippen LogP) is 5.16. The summed E-state index contributed by atoms with van der Waals surface area (Å²) in [5.74, 6) is 5.61. The van der Waals surface area contributed by atoms with Crippen molar-refractivity contribution in [1.82, 2.24) is 0 Å². The number of rotatable bonds is 4. The van der Waals surface area contributed by atoms with Gasteiger partial charge in [0.05, 0.1) is 0 Å². The molecule has 0 bridgehead atoms. The quantitative estimate of drug-likeness (QED) is 0.713. The summed E-state index contributed by atoms with van der Waals surface area (Å²) in [6.07, 6.45) is 14.4. The van der Waals surface area contributed by atoms with Crippen LogP contribution in [0.15, 0.2) is 12.2 Å². The second-order valence-electron chi connectivity index (χ2n) is 9.30. The first kappa shape index (κ1) is 15.2. The molecule has 0 aliphatic heterocycles. The minimum Gasteiger partial charge on any atom is -0.330 e. The van der Waals surface area contributed by atoms with E-state index in [1.165, 1.54) is 64.2 Å². The van der Waals surface area contributed by atoms with Crippen molar-refractivity contribution in [2.75, 3.05) is 6.54 Å². The standard InChI is InChI=1S/C21H35N/c1-14-11-17-15(2)7-8-19-20(18(17)12-14)21(19,13-22)10-9-16-5-3-4-6-16/h14,16-20H,2-13,22H2,1H3/t14-,17+,18+,19+,20-,21-/m0/s1. The summed E-state index contributed by atoms with van der Waals surface area (Å²) >= 11 is 0. The van der Waals surface area contributed by atoms with E-state index in [0.717, 1.165) is 42.1 Å². The zero-order valence-electron chi connectivity index (χ0n) is 14.5. The first-order valence-corrected chi connectivity index (χ1v) is 10.0. The van der Waals surface area contributed by atoms with Gasteiger partial charge in [0.2, 0.25) is 0 Å². The maximum absolute atomic E-state index is 6.39. The van der Waals surface area contributed by atoms with E-state index >= 15 is 0 Å². The van der Waals surface area contributed by atoms with Gasteiger partial charge in [-0.1, -0.05) is 44.8 Å². The molecule has 0 aromatic heterocycles. The van der Waals surface area contributed by atoms with Crippen LogP contribution in [0.1, 0.15) is 71.1 Å². The molecule has 0 saturated heterocycles. The molecule has 124 valence electrons. The van der Waals surface area contributed by atoms with E-state index in [1.54, 1.807) is 5.57 Å². The lowest BCUT2D eigenvalue weighted by Gasteiger charge is -2.26. The number of allylic oxidation sites excluding steroid dienone is 1. The van der Waals surface area contributed by atoms with E-state index in [4.69, 9.17) is 5.73 Å². The molecule has 0 aromatic carbocycles. The molecule has 4 aliphatic carbocycles. The molecule has 0 unspecified atom stereocenters. The normalized spacial score (nSPS) is 48.1. The molecule has 4 aliphatic rings. The van der Waals surface area contributed by atoms with Crippen LogP contribution in [0.5, 0.6) is 0 Å². The second kappa shape index (κ2) is 5.65. The van der Waals surface area contributed by atoms with E-state index in [2.05, 4.69) is 13.5 Å². The summed E-state index contributed by atoms with van der Waals surface area (Å²) in [4.78, 5) is 0. The van der Waals surface area contributed by atoms with Gasteiger partial charge in [0, 0.05) is 0 Å². The molecule has 0 heterocycles. The molecule has 4 rings (SSSR count). The Labute approximate surface area is 137 Å². The third-order valence-electron chi connectivity index (χ3n) is 8.21. The lowest BCUT2D eigenvalue weighted by molar-refractivity contribution is 0.281. The maximum atomic E-state index is 6.39. The van der Waals surface area contributed by atoms with Crippen molar-refractivity contribution in [2.45, 2.75) is 71.1 Å². The van der Waals surface area contributed by atoms with Crippen molar-refractivity contribution in [3.8, 4) is 0 Å². The summed E-state index contributed by atoms with van der Waals surface area (Å²) in [5.41, 5.74) is 8.52. The Morgan fingerprint density at radius 1 is 1.18 bits per heavy atom. The summed E-state index contributed by atoms with van der Waals surface area (Å²) in [6, 6.07) is 0. The van der Waals surface area contributed by atoms with Gasteiger partial charge in [-0.3, -0.25) is 0 Å². The summed E-state index contributed by atoms with van der Waals surface area (Å²) in [6.45, 7) is 7.88. The fourth-order valence-corrected chi connectivity index (χ4v) is 7.04. The highest BCUT2D eigenvalue weighted by molar-refractivity contribution is 5.22. The van der Waals surface area contributed by atoms with E-state index in [0.29, 0.717) is 5.41 Å². The maximum Gasteiger partial charge on any atom is -0.00149 e. The van der Waals surface area contributed by atoms with Crippen molar-refractivity contribution in [2.24, 2.45) is 46.7 Å². The van der Waals surface area contributed by atoms with Crippen molar-refractivity contribution in [3.63, 3.8) is 0 Å². The molecule has 0 radical (unpaired) electrons. The molecule has 0 amide bonds. The van der Waals surface area contributed by atoms with Crippen molar-refractivity contribution < 1.29 is 0 Å². The van der Waals surface area contributed by atoms with Crippen LogP contribution in [0, 0.1) is 40.9 Å². The first-order valence-electron chi connectivity index (χ1n) is 10.0. The van der Waals surface area contributed by atoms with Gasteiger partial charge < -0.3 is 5.73 Å². The van der Waals surface area contributed by atoms with E-state index in [1.807, 2.05) is 0 Å². The van der Waals surface area contributed by atoms with Gasteiger partial charge in [-0.25, -0.2) is 0 Å². The Hall–Kier alpha value is -0.300. The Bertz CT molecular complexity index is 435. The summed E-state index contributed by atoms with van der Waals surface area (Å²) in [5, 5.41) is 0. The molecule has 1 nitrogen and oxygen atoms in total. The van der Waals surface area contributed by atoms with Crippen LogP contribution in [-0.2, 0) is 0 Å². The summed E-state index contributed by atoms with van der Waals surface area (Å²) < 4.78 is 0. The fraction of sp³-hybridized carbons (Fsp3) is 0.905. The molecule has 22 heavy (non-hydrogen) atoms. The van der Waals surface area contributed by atoms with Crippen LogP contribution in [0.4, 0.5) is 0 Å². The molecule has 0 spiro atoms. The SMILES string of the molecule is C=C1CC[C@@H]2[C@H]([C@@H]3C[C@@H](C)C[C@H]13)[C@]2(CN)CCC1CCCC1. The van der Waals surface area contributed by atoms with Gasteiger partial charge in [0.15, 0.2) is 0 Å². The molecule has 2 N–H and O–H groups in total. The topological polar surface area (TPSA) is 26.0 Å². The summed E-state index contributed by atoms with van der Waals surface area (Å²) in [7, 11) is 0. The Balaban J connectivity index is 1.49. The Morgan fingerprint density at radius 3 is 2.68 bits per heavy atom. The third kappa shape index (κ3) is 2.30. The van der Waals surface area contributed by atoms with Crippen LogP contribution in [0.25, 0.3) is 0 Å². The second-order valence-corrected chi connectivity index (χ2v) is 9.30. The number of hydrogen-bond donors (Lipinski definition) is 1. The van der Waals surface area contributed by atoms with E-state index in [9.17, 15) is 0 Å². The van der Waals surface area contributed by atoms with Gasteiger partial charge in [0.1, 0.15) is 0 Å². The van der Waals surface area contributed by atoms with E-state index in [-0.39, 0.29) is 0 Å². The largest absolute Gasteiger partial charge is 0.330 e. The monoisotopic (exact) mass is 301 g/mol. The molecular formula is C21H35N. The Morgan fingerprint density at radius 2 is 1.95 bits per heavy atom. The van der Waals surface area contributed by atoms with Gasteiger partial charge in [-0.2, -0.15) is 0 Å². The zero-order valence-corrected chi connectivity index (χ0v) is 14.5. The molecule has 4 fully saturated rings. The smallest absolute Gasteiger partial charge is 0.00149 e. The van der Waals surface area contributed by atoms with Gasteiger partial charge in [-0.05, 0) is 86.0 Å². The van der Waals surface area contributed by atoms with E-state index < -0.39 is 0 Å². The van der Waals surface area contributed by atoms with Crippen molar-refractivity contribution >= 4 is 0 Å². The van der Waals surface area contributed by atoms with Crippen LogP contribution < -0.4 is 5.73 Å². The predicted molar refractivity (Wildman–Crippen MR) is 93.4 cm³/mol. The molecule has 4 saturated carbocycles. The Kier molecular flexibility index (Phi) is 3.92. The lowest BCUT2D eigenvalue weighted by Crippen LogP contribution is -2.25. The highest BCUT2D eigenvalue weighted by Gasteiger charge is 2.67. The third-order valence-corrected chi connectivity index (χ3v) is 8.21. The molecular weight excluding hydrogens is 266 g/mol. The average molecular weight is 302 g/mol. The molecule has 0 aromatic rings. The van der Waals surface area contributed by atoms with Crippen LogP contribution in [0.2, 0.25) is 0 Å². The molecule has 6 atom stereocenters.